The third-order valence-corrected chi connectivity index (χ3v) is 1.71. The van der Waals surface area contributed by atoms with Gasteiger partial charge in [-0.2, -0.15) is 0 Å². The van der Waals surface area contributed by atoms with Gasteiger partial charge < -0.3 is 4.52 Å². The van der Waals surface area contributed by atoms with Gasteiger partial charge in [0.1, 0.15) is 0 Å². The zero-order valence-corrected chi connectivity index (χ0v) is 6.01. The van der Waals surface area contributed by atoms with Crippen molar-refractivity contribution in [2.45, 2.75) is 4.90 Å². The van der Waals surface area contributed by atoms with Crippen molar-refractivity contribution in [2.75, 3.05) is 0 Å². The first-order valence-corrected chi connectivity index (χ1v) is 3.35. The van der Waals surface area contributed by atoms with E-state index in [-0.39, 0.29) is 0 Å². The first kappa shape index (κ1) is 5.80. The molecule has 0 aliphatic carbocycles. The molecular weight excluding hydrogens is 146 g/mol. The average Bonchev–Trinajstić information content (AvgIpc) is 2.36. The number of thiol groups is 1. The summed E-state index contributed by atoms with van der Waals surface area (Å²) in [6.07, 6.45) is 1.68. The zero-order chi connectivity index (χ0) is 6.97. The van der Waals surface area contributed by atoms with Crippen molar-refractivity contribution in [1.29, 1.82) is 0 Å². The minimum absolute atomic E-state index is 0.755. The van der Waals surface area contributed by atoms with Gasteiger partial charge in [-0.05, 0) is 12.1 Å². The first-order valence-electron chi connectivity index (χ1n) is 2.90. The minimum Gasteiger partial charge on any atom is -0.355 e. The number of fused-ring (bicyclic) bond motifs is 1. The molecule has 0 bridgehead atoms. The molecule has 0 saturated carbocycles. The summed E-state index contributed by atoms with van der Waals surface area (Å²) in [7, 11) is 0. The van der Waals surface area contributed by atoms with E-state index in [4.69, 9.17) is 4.52 Å². The Morgan fingerprint density at radius 2 is 2.30 bits per heavy atom. The van der Waals surface area contributed by atoms with Crippen molar-refractivity contribution >= 4 is 23.6 Å². The Bertz CT molecular complexity index is 355. The van der Waals surface area contributed by atoms with Gasteiger partial charge in [-0.15, -0.1) is 12.6 Å². The van der Waals surface area contributed by atoms with Gasteiger partial charge in [-0.1, -0.05) is 11.2 Å². The van der Waals surface area contributed by atoms with Crippen LogP contribution in [0.4, 0.5) is 0 Å². The molecule has 2 nitrogen and oxygen atoms in total. The molecule has 10 heavy (non-hydrogen) atoms. The number of benzene rings is 1. The number of hydrogen-bond acceptors (Lipinski definition) is 3. The quantitative estimate of drug-likeness (QED) is 0.583. The van der Waals surface area contributed by atoms with Gasteiger partial charge in [0, 0.05) is 5.39 Å². The van der Waals surface area contributed by atoms with Gasteiger partial charge in [0.05, 0.1) is 11.1 Å². The Morgan fingerprint density at radius 1 is 1.40 bits per heavy atom. The monoisotopic (exact) mass is 151 g/mol. The van der Waals surface area contributed by atoms with Crippen LogP contribution in [0.3, 0.4) is 0 Å². The highest BCUT2D eigenvalue weighted by molar-refractivity contribution is 7.80. The van der Waals surface area contributed by atoms with Gasteiger partial charge in [-0.3, -0.25) is 0 Å². The van der Waals surface area contributed by atoms with Gasteiger partial charge >= 0.3 is 0 Å². The van der Waals surface area contributed by atoms with E-state index >= 15 is 0 Å². The molecule has 0 amide bonds. The molecule has 0 unspecified atom stereocenters. The summed E-state index contributed by atoms with van der Waals surface area (Å²) in [6, 6.07) is 5.73. The number of nitrogens with zero attached hydrogens (tertiary/aromatic N) is 1. The molecular formula is C7H5NOS. The molecule has 0 fully saturated rings. The third-order valence-electron chi connectivity index (χ3n) is 1.36. The molecule has 1 heterocycles. The molecule has 0 radical (unpaired) electrons. The largest absolute Gasteiger partial charge is 0.355 e. The van der Waals surface area contributed by atoms with E-state index < -0.39 is 0 Å². The molecule has 0 spiro atoms. The SMILES string of the molecule is Sc1cccc2cnoc12. The van der Waals surface area contributed by atoms with Crippen LogP contribution in [0, 0.1) is 0 Å². The molecule has 1 aromatic carbocycles. The van der Waals surface area contributed by atoms with Crippen molar-refractivity contribution in [1.82, 2.24) is 5.16 Å². The van der Waals surface area contributed by atoms with E-state index in [2.05, 4.69) is 17.8 Å². The Balaban J connectivity index is 2.95. The fourth-order valence-corrected chi connectivity index (χ4v) is 1.14. The second-order valence-corrected chi connectivity index (χ2v) is 2.50. The summed E-state index contributed by atoms with van der Waals surface area (Å²) in [4.78, 5) is 0.829. The molecule has 50 valence electrons. The lowest BCUT2D eigenvalue weighted by molar-refractivity contribution is 0.452. The lowest BCUT2D eigenvalue weighted by atomic mass is 10.3. The number of rotatable bonds is 0. The number of aromatic nitrogens is 1. The van der Waals surface area contributed by atoms with E-state index in [0.29, 0.717) is 0 Å². The molecule has 0 N–H and O–H groups in total. The molecule has 0 aliphatic rings. The maximum Gasteiger partial charge on any atom is 0.180 e. The minimum atomic E-state index is 0.755. The summed E-state index contributed by atoms with van der Waals surface area (Å²) >= 11 is 4.18. The Hall–Kier alpha value is -0.960. The fourth-order valence-electron chi connectivity index (χ4n) is 0.879. The molecule has 0 aliphatic heterocycles. The second-order valence-electron chi connectivity index (χ2n) is 2.02. The van der Waals surface area contributed by atoms with E-state index in [9.17, 15) is 0 Å². The lowest BCUT2D eigenvalue weighted by Gasteiger charge is -1.87. The van der Waals surface area contributed by atoms with Crippen LogP contribution in [-0.4, -0.2) is 5.16 Å². The Labute approximate surface area is 63.2 Å². The summed E-state index contributed by atoms with van der Waals surface area (Å²) in [5.74, 6) is 0. The highest BCUT2D eigenvalue weighted by atomic mass is 32.1. The van der Waals surface area contributed by atoms with Crippen LogP contribution in [0.2, 0.25) is 0 Å². The zero-order valence-electron chi connectivity index (χ0n) is 5.11. The Kier molecular flexibility index (Phi) is 1.17. The number of hydrogen-bond donors (Lipinski definition) is 1. The summed E-state index contributed by atoms with van der Waals surface area (Å²) in [6.45, 7) is 0. The molecule has 2 aromatic rings. The predicted octanol–water partition coefficient (Wildman–Crippen LogP) is 2.12. The van der Waals surface area contributed by atoms with Crippen molar-refractivity contribution < 1.29 is 4.52 Å². The van der Waals surface area contributed by atoms with E-state index in [0.717, 1.165) is 15.9 Å². The van der Waals surface area contributed by atoms with Crippen molar-refractivity contribution in [2.24, 2.45) is 0 Å². The molecule has 0 saturated heterocycles. The van der Waals surface area contributed by atoms with Crippen molar-refractivity contribution in [3.8, 4) is 0 Å². The fraction of sp³-hybridized carbons (Fsp3) is 0. The van der Waals surface area contributed by atoms with Gasteiger partial charge in [0.15, 0.2) is 5.58 Å². The third kappa shape index (κ3) is 0.708. The van der Waals surface area contributed by atoms with E-state index in [1.807, 2.05) is 18.2 Å². The lowest BCUT2D eigenvalue weighted by Crippen LogP contribution is -1.64. The van der Waals surface area contributed by atoms with E-state index in [1.54, 1.807) is 6.20 Å². The average molecular weight is 151 g/mol. The Morgan fingerprint density at radius 3 is 3.10 bits per heavy atom. The molecule has 1 aromatic heterocycles. The summed E-state index contributed by atoms with van der Waals surface area (Å²) in [5.41, 5.74) is 0.755. The highest BCUT2D eigenvalue weighted by Gasteiger charge is 1.99. The van der Waals surface area contributed by atoms with Crippen LogP contribution < -0.4 is 0 Å². The van der Waals surface area contributed by atoms with Gasteiger partial charge in [0.2, 0.25) is 0 Å². The molecule has 0 atom stereocenters. The normalized spacial score (nSPS) is 10.5. The maximum absolute atomic E-state index is 4.92. The predicted molar refractivity (Wildman–Crippen MR) is 41.3 cm³/mol. The van der Waals surface area contributed by atoms with Gasteiger partial charge in [0.25, 0.3) is 0 Å². The number of para-hydroxylation sites is 1. The smallest absolute Gasteiger partial charge is 0.180 e. The summed E-state index contributed by atoms with van der Waals surface area (Å²) in [5, 5.41) is 4.63. The highest BCUT2D eigenvalue weighted by Crippen LogP contribution is 2.20. The molecule has 2 rings (SSSR count). The van der Waals surface area contributed by atoms with Crippen LogP contribution in [0.15, 0.2) is 33.8 Å². The van der Waals surface area contributed by atoms with Gasteiger partial charge in [-0.25, -0.2) is 0 Å². The van der Waals surface area contributed by atoms with Crippen molar-refractivity contribution in [3.63, 3.8) is 0 Å². The standard InChI is InChI=1S/C7H5NOS/c10-6-3-1-2-5-4-8-9-7(5)6/h1-4,10H. The first-order chi connectivity index (χ1) is 4.88. The van der Waals surface area contributed by atoms with Crippen LogP contribution in [0.25, 0.3) is 11.0 Å². The van der Waals surface area contributed by atoms with Crippen LogP contribution in [0.1, 0.15) is 0 Å². The molecule has 3 heteroatoms. The summed E-state index contributed by atoms with van der Waals surface area (Å²) < 4.78 is 4.92. The van der Waals surface area contributed by atoms with Crippen LogP contribution >= 0.6 is 12.6 Å². The van der Waals surface area contributed by atoms with Crippen LogP contribution in [-0.2, 0) is 0 Å². The van der Waals surface area contributed by atoms with Crippen molar-refractivity contribution in [3.05, 3.63) is 24.4 Å². The maximum atomic E-state index is 4.92. The second kappa shape index (κ2) is 2.02. The van der Waals surface area contributed by atoms with E-state index in [1.165, 1.54) is 0 Å². The topological polar surface area (TPSA) is 26.0 Å². The van der Waals surface area contributed by atoms with Crippen LogP contribution in [0.5, 0.6) is 0 Å².